The van der Waals surface area contributed by atoms with Crippen LogP contribution in [-0.2, 0) is 26.6 Å². The van der Waals surface area contributed by atoms with Crippen LogP contribution in [0.4, 0.5) is 38.0 Å². The summed E-state index contributed by atoms with van der Waals surface area (Å²) < 4.78 is 93.8. The molecule has 13 heteroatoms. The topological polar surface area (TPSA) is 60.0 Å². The molecule has 1 saturated heterocycles. The highest BCUT2D eigenvalue weighted by atomic mass is 19.4. The normalized spacial score (nSPS) is 18.1. The number of hydrogen-bond donors (Lipinski definition) is 0. The van der Waals surface area contributed by atoms with E-state index >= 15 is 0 Å². The van der Waals surface area contributed by atoms with Crippen molar-refractivity contribution in [3.8, 4) is 0 Å². The number of rotatable bonds is 2. The molecule has 0 aliphatic carbocycles. The number of pyridine rings is 2. The summed E-state index contributed by atoms with van der Waals surface area (Å²) >= 11 is 0. The van der Waals surface area contributed by atoms with E-state index in [0.29, 0.717) is 64.2 Å². The van der Waals surface area contributed by atoms with E-state index in [-0.39, 0.29) is 13.2 Å². The lowest BCUT2D eigenvalue weighted by Crippen LogP contribution is -2.34. The average molecular weight is 508 g/mol. The Labute approximate surface area is 198 Å². The summed E-state index contributed by atoms with van der Waals surface area (Å²) in [6, 6.07) is 4.56. The van der Waals surface area contributed by atoms with Crippen LogP contribution < -0.4 is 9.80 Å². The van der Waals surface area contributed by atoms with Crippen molar-refractivity contribution in [2.75, 3.05) is 75.6 Å². The van der Waals surface area contributed by atoms with E-state index in [2.05, 4.69) is 9.97 Å². The number of aromatic nitrogens is 2. The Bertz CT molecular complexity index is 821. The Morgan fingerprint density at radius 2 is 0.886 bits per heavy atom. The second-order valence-corrected chi connectivity index (χ2v) is 7.62. The maximum Gasteiger partial charge on any atom is 0.417 e. The van der Waals surface area contributed by atoms with Crippen LogP contribution in [0.1, 0.15) is 11.1 Å². The molecule has 1 aliphatic rings. The number of nitrogens with zero attached hydrogens (tertiary/aromatic N) is 4. The third-order valence-corrected chi connectivity index (χ3v) is 5.19. The third-order valence-electron chi connectivity index (χ3n) is 5.19. The van der Waals surface area contributed by atoms with Crippen LogP contribution >= 0.6 is 0 Å². The minimum absolute atomic E-state index is 0.257. The Morgan fingerprint density at radius 1 is 0.543 bits per heavy atom. The molecule has 0 spiro atoms. The Balaban J connectivity index is 1.62. The van der Waals surface area contributed by atoms with Gasteiger partial charge in [-0.05, 0) is 24.3 Å². The molecule has 0 unspecified atom stereocenters. The zero-order chi connectivity index (χ0) is 25.3. The Hall–Kier alpha value is -2.64. The van der Waals surface area contributed by atoms with E-state index in [1.807, 2.05) is 0 Å². The highest BCUT2D eigenvalue weighted by molar-refractivity contribution is 5.40. The van der Waals surface area contributed by atoms with Crippen LogP contribution in [-0.4, -0.2) is 75.8 Å². The Morgan fingerprint density at radius 3 is 1.17 bits per heavy atom. The summed E-state index contributed by atoms with van der Waals surface area (Å²) in [5, 5.41) is 0. The molecule has 0 atom stereocenters. The third kappa shape index (κ3) is 8.51. The van der Waals surface area contributed by atoms with Gasteiger partial charge in [0.05, 0.1) is 50.8 Å². The molecule has 2 aromatic rings. The van der Waals surface area contributed by atoms with Crippen molar-refractivity contribution >= 4 is 11.6 Å². The SMILES string of the molecule is FC(F)(F)c1ccc(N2CCOCCOCCN(c3ccc(C(F)(F)F)cn3)CCOCC2)nc1. The van der Waals surface area contributed by atoms with Crippen molar-refractivity contribution in [2.45, 2.75) is 12.4 Å². The first kappa shape index (κ1) is 27.0. The van der Waals surface area contributed by atoms with Crippen molar-refractivity contribution in [1.29, 1.82) is 0 Å². The lowest BCUT2D eigenvalue weighted by Gasteiger charge is -2.25. The van der Waals surface area contributed by atoms with E-state index in [9.17, 15) is 26.3 Å². The van der Waals surface area contributed by atoms with Gasteiger partial charge in [-0.2, -0.15) is 26.3 Å². The first-order valence-corrected chi connectivity index (χ1v) is 10.9. The van der Waals surface area contributed by atoms with Gasteiger partial charge in [-0.25, -0.2) is 9.97 Å². The number of hydrogen-bond acceptors (Lipinski definition) is 7. The fraction of sp³-hybridized carbons (Fsp3) is 0.545. The van der Waals surface area contributed by atoms with Gasteiger partial charge in [0.15, 0.2) is 0 Å². The van der Waals surface area contributed by atoms with Crippen LogP contribution in [0, 0.1) is 0 Å². The van der Waals surface area contributed by atoms with Crippen molar-refractivity contribution in [3.05, 3.63) is 47.8 Å². The Kier molecular flexibility index (Phi) is 9.52. The van der Waals surface area contributed by atoms with Gasteiger partial charge in [0.1, 0.15) is 11.6 Å². The molecule has 1 aliphatic heterocycles. The largest absolute Gasteiger partial charge is 0.417 e. The van der Waals surface area contributed by atoms with Crippen molar-refractivity contribution in [3.63, 3.8) is 0 Å². The number of anilines is 2. The molecule has 3 heterocycles. The quantitative estimate of drug-likeness (QED) is 0.571. The summed E-state index contributed by atoms with van der Waals surface area (Å²) in [6.07, 6.45) is -7.37. The van der Waals surface area contributed by atoms with Gasteiger partial charge in [-0.15, -0.1) is 0 Å². The molecule has 194 valence electrons. The second kappa shape index (κ2) is 12.4. The lowest BCUT2D eigenvalue weighted by molar-refractivity contribution is -0.138. The van der Waals surface area contributed by atoms with Gasteiger partial charge in [0.2, 0.25) is 0 Å². The smallest absolute Gasteiger partial charge is 0.378 e. The fourth-order valence-electron chi connectivity index (χ4n) is 3.29. The van der Waals surface area contributed by atoms with Crippen LogP contribution in [0.3, 0.4) is 0 Å². The predicted molar refractivity (Wildman–Crippen MR) is 115 cm³/mol. The van der Waals surface area contributed by atoms with E-state index in [4.69, 9.17) is 14.2 Å². The zero-order valence-corrected chi connectivity index (χ0v) is 18.8. The average Bonchev–Trinajstić information content (AvgIpc) is 2.82. The molecule has 2 aromatic heterocycles. The van der Waals surface area contributed by atoms with Gasteiger partial charge in [0, 0.05) is 38.6 Å². The standard InChI is InChI=1S/C22H26F6N4O3/c23-21(24,25)17-1-3-19(29-15-17)31-5-9-33-10-6-32(8-12-35-14-13-34-11-7-31)20-4-2-18(16-30-20)22(26,27)28/h1-4,15-16H,5-14H2. The molecule has 3 rings (SSSR count). The summed E-state index contributed by atoms with van der Waals surface area (Å²) in [6.45, 7) is 3.26. The highest BCUT2D eigenvalue weighted by Crippen LogP contribution is 2.30. The minimum atomic E-state index is -4.47. The molecule has 35 heavy (non-hydrogen) atoms. The molecular formula is C22H26F6N4O3. The molecule has 0 bridgehead atoms. The first-order valence-electron chi connectivity index (χ1n) is 10.9. The molecule has 0 amide bonds. The van der Waals surface area contributed by atoms with Crippen LogP contribution in [0.2, 0.25) is 0 Å². The maximum absolute atomic E-state index is 12.8. The molecular weight excluding hydrogens is 482 g/mol. The molecule has 7 nitrogen and oxygen atoms in total. The van der Waals surface area contributed by atoms with Crippen molar-refractivity contribution in [2.24, 2.45) is 0 Å². The summed E-state index contributed by atoms with van der Waals surface area (Å²) in [5.74, 6) is 0.725. The number of ether oxygens (including phenoxy) is 3. The van der Waals surface area contributed by atoms with Crippen molar-refractivity contribution < 1.29 is 40.6 Å². The number of halogens is 6. The second-order valence-electron chi connectivity index (χ2n) is 7.62. The highest BCUT2D eigenvalue weighted by Gasteiger charge is 2.31. The summed E-state index contributed by atoms with van der Waals surface area (Å²) in [7, 11) is 0. The van der Waals surface area contributed by atoms with E-state index in [0.717, 1.165) is 24.5 Å². The first-order chi connectivity index (χ1) is 16.6. The van der Waals surface area contributed by atoms with Gasteiger partial charge in [-0.3, -0.25) is 0 Å². The summed E-state index contributed by atoms with van der Waals surface area (Å²) in [4.78, 5) is 11.4. The van der Waals surface area contributed by atoms with E-state index in [1.165, 1.54) is 12.1 Å². The predicted octanol–water partition coefficient (Wildman–Crippen LogP) is 3.89. The van der Waals surface area contributed by atoms with E-state index < -0.39 is 23.5 Å². The van der Waals surface area contributed by atoms with E-state index in [1.54, 1.807) is 9.80 Å². The molecule has 0 saturated carbocycles. The zero-order valence-electron chi connectivity index (χ0n) is 18.8. The van der Waals surface area contributed by atoms with Crippen LogP contribution in [0.15, 0.2) is 36.7 Å². The van der Waals surface area contributed by atoms with Gasteiger partial charge >= 0.3 is 12.4 Å². The van der Waals surface area contributed by atoms with Crippen LogP contribution in [0.5, 0.6) is 0 Å². The van der Waals surface area contributed by atoms with Gasteiger partial charge in [0.25, 0.3) is 0 Å². The molecule has 0 N–H and O–H groups in total. The monoisotopic (exact) mass is 508 g/mol. The van der Waals surface area contributed by atoms with Gasteiger partial charge in [-0.1, -0.05) is 0 Å². The molecule has 0 radical (unpaired) electrons. The maximum atomic E-state index is 12.8. The van der Waals surface area contributed by atoms with Crippen molar-refractivity contribution in [1.82, 2.24) is 9.97 Å². The number of alkyl halides is 6. The van der Waals surface area contributed by atoms with Gasteiger partial charge < -0.3 is 24.0 Å². The summed E-state index contributed by atoms with van der Waals surface area (Å²) in [5.41, 5.74) is -1.66. The molecule has 1 fully saturated rings. The lowest BCUT2D eigenvalue weighted by atomic mass is 10.2. The fourth-order valence-corrected chi connectivity index (χ4v) is 3.29. The molecule has 0 aromatic carbocycles. The minimum Gasteiger partial charge on any atom is -0.378 e. The van der Waals surface area contributed by atoms with Crippen LogP contribution in [0.25, 0.3) is 0 Å².